The first-order chi connectivity index (χ1) is 10.3. The fraction of sp³-hybridized carbons (Fsp3) is 0.500. The van der Waals surface area contributed by atoms with Gasteiger partial charge in [-0.05, 0) is 36.2 Å². The second-order valence-corrected chi connectivity index (χ2v) is 8.48. The van der Waals surface area contributed by atoms with Crippen LogP contribution < -0.4 is 40.0 Å². The predicted molar refractivity (Wildman–Crippen MR) is 81.1 cm³/mol. The Balaban J connectivity index is 0.00000192. The molecule has 2 fully saturated rings. The molecule has 1 aromatic heterocycles. The van der Waals surface area contributed by atoms with Gasteiger partial charge in [0.2, 0.25) is 11.8 Å². The van der Waals surface area contributed by atoms with Crippen LogP contribution in [0.15, 0.2) is 16.8 Å². The Morgan fingerprint density at radius 3 is 2.70 bits per heavy atom. The number of nitrogens with zero attached hydrogens (tertiary/aromatic N) is 1. The minimum atomic E-state index is -1.25. The van der Waals surface area contributed by atoms with E-state index in [1.807, 2.05) is 16.8 Å². The van der Waals surface area contributed by atoms with Gasteiger partial charge in [-0.15, -0.1) is 11.8 Å². The molecule has 0 unspecified atom stereocenters. The Morgan fingerprint density at radius 1 is 1.43 bits per heavy atom. The van der Waals surface area contributed by atoms with E-state index in [4.69, 9.17) is 0 Å². The average molecular weight is 362 g/mol. The fourth-order valence-corrected chi connectivity index (χ4v) is 5.22. The molecule has 9 heteroatoms. The van der Waals surface area contributed by atoms with Crippen LogP contribution >= 0.6 is 23.1 Å². The van der Waals surface area contributed by atoms with Crippen molar-refractivity contribution in [2.24, 2.45) is 0 Å². The van der Waals surface area contributed by atoms with Crippen LogP contribution in [0, 0.1) is 0 Å². The number of carboxylic acid groups (broad SMARTS) is 1. The van der Waals surface area contributed by atoms with Crippen LogP contribution in [-0.4, -0.2) is 44.9 Å². The Bertz CT molecular complexity index is 635. The van der Waals surface area contributed by atoms with Gasteiger partial charge in [-0.3, -0.25) is 9.59 Å². The molecule has 2 amide bonds. The predicted octanol–water partition coefficient (Wildman–Crippen LogP) is -3.41. The molecular formula is C14H15N2NaO4S2. The summed E-state index contributed by atoms with van der Waals surface area (Å²) >= 11 is 2.90. The van der Waals surface area contributed by atoms with E-state index in [2.05, 4.69) is 5.32 Å². The number of hydrogen-bond donors (Lipinski definition) is 1. The third kappa shape index (κ3) is 3.32. The Labute approximate surface area is 164 Å². The number of aliphatic carboxylic acids is 1. The van der Waals surface area contributed by atoms with E-state index in [1.54, 1.807) is 13.8 Å². The maximum atomic E-state index is 12.2. The molecule has 0 radical (unpaired) electrons. The van der Waals surface area contributed by atoms with Crippen molar-refractivity contribution in [1.29, 1.82) is 0 Å². The maximum Gasteiger partial charge on any atom is 1.00 e. The van der Waals surface area contributed by atoms with Crippen LogP contribution in [0.1, 0.15) is 19.4 Å². The Kier molecular flexibility index (Phi) is 5.52. The number of thiophene rings is 1. The molecule has 0 bridgehead atoms. The summed E-state index contributed by atoms with van der Waals surface area (Å²) in [4.78, 5) is 36.8. The molecule has 3 rings (SSSR count). The van der Waals surface area contributed by atoms with E-state index in [1.165, 1.54) is 28.0 Å². The molecule has 2 aliphatic rings. The molecule has 3 heterocycles. The topological polar surface area (TPSA) is 89.5 Å². The largest absolute Gasteiger partial charge is 1.00 e. The van der Waals surface area contributed by atoms with E-state index < -0.39 is 22.8 Å². The first-order valence-corrected chi connectivity index (χ1v) is 8.65. The average Bonchev–Trinajstić information content (AvgIpc) is 3.00. The second kappa shape index (κ2) is 6.76. The van der Waals surface area contributed by atoms with Crippen molar-refractivity contribution < 1.29 is 49.0 Å². The van der Waals surface area contributed by atoms with Gasteiger partial charge in [-0.1, -0.05) is 0 Å². The molecule has 0 spiro atoms. The van der Waals surface area contributed by atoms with E-state index >= 15 is 0 Å². The minimum absolute atomic E-state index is 0. The van der Waals surface area contributed by atoms with E-state index in [9.17, 15) is 19.5 Å². The van der Waals surface area contributed by atoms with Crippen molar-refractivity contribution in [3.63, 3.8) is 0 Å². The number of β-lactam (4-membered cyclic amide) rings is 1. The molecular weight excluding hydrogens is 347 g/mol. The van der Waals surface area contributed by atoms with E-state index in [0.717, 1.165) is 5.56 Å². The number of carbonyl (C=O) groups is 3. The Hall–Kier alpha value is -0.540. The van der Waals surface area contributed by atoms with Crippen LogP contribution in [0.4, 0.5) is 0 Å². The Morgan fingerprint density at radius 2 is 2.13 bits per heavy atom. The summed E-state index contributed by atoms with van der Waals surface area (Å²) in [6.07, 6.45) is 0.220. The number of hydrogen-bond acceptors (Lipinski definition) is 6. The smallest absolute Gasteiger partial charge is 0.548 e. The zero-order valence-corrected chi connectivity index (χ0v) is 16.7. The summed E-state index contributed by atoms with van der Waals surface area (Å²) in [5.74, 6) is -1.83. The summed E-state index contributed by atoms with van der Waals surface area (Å²) in [6.45, 7) is 3.54. The molecule has 0 aliphatic carbocycles. The summed E-state index contributed by atoms with van der Waals surface area (Å²) < 4.78 is -0.633. The summed E-state index contributed by atoms with van der Waals surface area (Å²) in [5, 5.41) is 17.4. The summed E-state index contributed by atoms with van der Waals surface area (Å²) in [5.41, 5.74) is 0.901. The zero-order chi connectivity index (χ0) is 16.1. The molecule has 0 aromatic carbocycles. The van der Waals surface area contributed by atoms with Gasteiger partial charge in [0.15, 0.2) is 0 Å². The molecule has 2 aliphatic heterocycles. The third-order valence-corrected chi connectivity index (χ3v) is 6.23. The number of rotatable bonds is 4. The van der Waals surface area contributed by atoms with Gasteiger partial charge in [-0.2, -0.15) is 11.3 Å². The molecule has 2 saturated heterocycles. The van der Waals surface area contributed by atoms with Gasteiger partial charge < -0.3 is 20.1 Å². The normalized spacial score (nSPS) is 27.7. The number of amides is 2. The van der Waals surface area contributed by atoms with Gasteiger partial charge in [0, 0.05) is 4.75 Å². The van der Waals surface area contributed by atoms with Gasteiger partial charge >= 0.3 is 29.6 Å². The van der Waals surface area contributed by atoms with Gasteiger partial charge in [0.25, 0.3) is 0 Å². The second-order valence-electron chi connectivity index (χ2n) is 5.93. The van der Waals surface area contributed by atoms with Crippen LogP contribution in [0.25, 0.3) is 0 Å². The van der Waals surface area contributed by atoms with Crippen LogP contribution in [0.5, 0.6) is 0 Å². The first kappa shape index (κ1) is 18.8. The van der Waals surface area contributed by atoms with Crippen LogP contribution in [0.3, 0.4) is 0 Å². The van der Waals surface area contributed by atoms with Crippen molar-refractivity contribution in [3.05, 3.63) is 22.4 Å². The molecule has 1 N–H and O–H groups in total. The van der Waals surface area contributed by atoms with Crippen molar-refractivity contribution in [3.8, 4) is 0 Å². The van der Waals surface area contributed by atoms with Gasteiger partial charge in [-0.25, -0.2) is 0 Å². The van der Waals surface area contributed by atoms with Crippen molar-refractivity contribution >= 4 is 40.9 Å². The number of thioether (sulfide) groups is 1. The van der Waals surface area contributed by atoms with Crippen LogP contribution in [0.2, 0.25) is 0 Å². The molecule has 6 nitrogen and oxygen atoms in total. The number of carboxylic acids is 1. The summed E-state index contributed by atoms with van der Waals surface area (Å²) in [7, 11) is 0. The standard InChI is InChI=1S/C14H16N2O4S2.Na/c1-14(2)10(13(19)20)16-11(18)9(12(16)22-14)15-8(17)5-7-3-4-21-6-7;/h3-4,6,9-10,12H,5H2,1-2H3,(H,15,17)(H,19,20);/q;+1/p-1/t9-,10+,12-;/m1./s1. The number of carbonyl (C=O) groups excluding carboxylic acids is 3. The van der Waals surface area contributed by atoms with E-state index in [0.29, 0.717) is 0 Å². The summed E-state index contributed by atoms with van der Waals surface area (Å²) in [6, 6.07) is 0.249. The molecule has 0 saturated carbocycles. The van der Waals surface area contributed by atoms with Crippen molar-refractivity contribution in [2.75, 3.05) is 0 Å². The van der Waals surface area contributed by atoms with Crippen LogP contribution in [-0.2, 0) is 20.8 Å². The zero-order valence-electron chi connectivity index (χ0n) is 13.1. The van der Waals surface area contributed by atoms with Crippen molar-refractivity contribution in [1.82, 2.24) is 10.2 Å². The first-order valence-electron chi connectivity index (χ1n) is 6.82. The van der Waals surface area contributed by atoms with Crippen molar-refractivity contribution in [2.45, 2.75) is 42.5 Å². The molecule has 118 valence electrons. The van der Waals surface area contributed by atoms with Gasteiger partial charge in [0.1, 0.15) is 11.4 Å². The number of nitrogens with one attached hydrogen (secondary N) is 1. The quantitative estimate of drug-likeness (QED) is 0.445. The molecule has 23 heavy (non-hydrogen) atoms. The minimum Gasteiger partial charge on any atom is -0.548 e. The third-order valence-electron chi connectivity index (χ3n) is 3.93. The fourth-order valence-electron chi connectivity index (χ4n) is 2.93. The number of fused-ring (bicyclic) bond motifs is 1. The SMILES string of the molecule is CC1(C)S[C@@H]2[C@H](NC(=O)Cc3ccsc3)C(=O)N2[C@H]1C(=O)[O-].[Na+]. The van der Waals surface area contributed by atoms with Gasteiger partial charge in [0.05, 0.1) is 18.4 Å². The molecule has 3 atom stereocenters. The maximum absolute atomic E-state index is 12.2. The monoisotopic (exact) mass is 362 g/mol. The molecule has 1 aromatic rings. The van der Waals surface area contributed by atoms with E-state index in [-0.39, 0.29) is 53.2 Å².